The van der Waals surface area contributed by atoms with Crippen LogP contribution in [0, 0.1) is 0 Å². The van der Waals surface area contributed by atoms with Gasteiger partial charge in [0.25, 0.3) is 0 Å². The number of halogens is 1. The molecule has 0 radical (unpaired) electrons. The summed E-state index contributed by atoms with van der Waals surface area (Å²) in [6.07, 6.45) is 2.10. The molecule has 3 heteroatoms. The molecule has 2 nitrogen and oxygen atoms in total. The van der Waals surface area contributed by atoms with Gasteiger partial charge in [-0.2, -0.15) is 0 Å². The molecule has 1 aromatic rings. The van der Waals surface area contributed by atoms with Crippen LogP contribution in [0.1, 0.15) is 24.0 Å². The Hall–Kier alpha value is -0.930. The number of benzene rings is 1. The van der Waals surface area contributed by atoms with Gasteiger partial charge in [0, 0.05) is 19.5 Å². The summed E-state index contributed by atoms with van der Waals surface area (Å²) in [6, 6.07) is 7.91. The Morgan fingerprint density at radius 3 is 2.71 bits per heavy atom. The molecule has 0 amide bonds. The number of alkyl halides is 1. The van der Waals surface area contributed by atoms with E-state index in [4.69, 9.17) is 5.73 Å². The first-order chi connectivity index (χ1) is 8.13. The van der Waals surface area contributed by atoms with Crippen molar-refractivity contribution in [3.8, 4) is 0 Å². The molecule has 0 bridgehead atoms. The zero-order valence-corrected chi connectivity index (χ0v) is 10.5. The van der Waals surface area contributed by atoms with E-state index in [2.05, 4.69) is 4.90 Å². The lowest BCUT2D eigenvalue weighted by molar-refractivity contribution is 0.0589. The number of nitrogens with zero attached hydrogens (tertiary/aromatic N) is 1. The molecular formula is C14H21FN2. The summed E-state index contributed by atoms with van der Waals surface area (Å²) in [5.74, 6) is 0. The third-order valence-corrected chi connectivity index (χ3v) is 3.56. The smallest absolute Gasteiger partial charge is 0.127 e. The van der Waals surface area contributed by atoms with Crippen molar-refractivity contribution in [2.24, 2.45) is 5.73 Å². The van der Waals surface area contributed by atoms with Gasteiger partial charge in [-0.15, -0.1) is 0 Å². The Morgan fingerprint density at radius 2 is 2.06 bits per heavy atom. The van der Waals surface area contributed by atoms with E-state index in [1.54, 1.807) is 0 Å². The average molecular weight is 236 g/mol. The summed E-state index contributed by atoms with van der Waals surface area (Å²) in [5, 5.41) is 0. The van der Waals surface area contributed by atoms with Gasteiger partial charge in [0.2, 0.25) is 0 Å². The van der Waals surface area contributed by atoms with E-state index in [1.807, 2.05) is 31.3 Å². The van der Waals surface area contributed by atoms with Gasteiger partial charge in [0.05, 0.1) is 0 Å². The molecule has 1 aliphatic heterocycles. The Labute approximate surface area is 103 Å². The van der Waals surface area contributed by atoms with E-state index in [9.17, 15) is 4.39 Å². The maximum atomic E-state index is 14.7. The van der Waals surface area contributed by atoms with E-state index in [0.717, 1.165) is 24.1 Å². The van der Waals surface area contributed by atoms with E-state index in [-0.39, 0.29) is 0 Å². The molecule has 1 aliphatic rings. The molecule has 1 heterocycles. The number of rotatable bonds is 3. The third-order valence-electron chi connectivity index (χ3n) is 3.56. The summed E-state index contributed by atoms with van der Waals surface area (Å²) in [5.41, 5.74) is 6.74. The fourth-order valence-electron chi connectivity index (χ4n) is 2.72. The third kappa shape index (κ3) is 3.05. The van der Waals surface area contributed by atoms with Crippen LogP contribution in [0.15, 0.2) is 24.3 Å². The van der Waals surface area contributed by atoms with Crippen molar-refractivity contribution in [1.29, 1.82) is 0 Å². The molecule has 1 aromatic carbocycles. The lowest BCUT2D eigenvalue weighted by Crippen LogP contribution is -2.44. The van der Waals surface area contributed by atoms with Gasteiger partial charge in [0.1, 0.15) is 5.67 Å². The maximum Gasteiger partial charge on any atom is 0.127 e. The largest absolute Gasteiger partial charge is 0.326 e. The minimum Gasteiger partial charge on any atom is -0.326 e. The summed E-state index contributed by atoms with van der Waals surface area (Å²) < 4.78 is 14.7. The van der Waals surface area contributed by atoms with Crippen LogP contribution >= 0.6 is 0 Å². The average Bonchev–Trinajstić information content (AvgIpc) is 2.29. The predicted octanol–water partition coefficient (Wildman–Crippen LogP) is 2.12. The van der Waals surface area contributed by atoms with E-state index >= 15 is 0 Å². The Balaban J connectivity index is 2.13. The summed E-state index contributed by atoms with van der Waals surface area (Å²) in [7, 11) is 1.99. The lowest BCUT2D eigenvalue weighted by atomic mass is 9.87. The minimum atomic E-state index is -1.09. The van der Waals surface area contributed by atoms with Crippen LogP contribution in [0.25, 0.3) is 0 Å². The number of likely N-dealkylation sites (tertiary alicyclic amines) is 1. The highest BCUT2D eigenvalue weighted by Gasteiger charge is 2.34. The SMILES string of the molecule is CN1CCCC(F)(Cc2ccccc2CN)C1. The molecule has 0 aromatic heterocycles. The number of hydrogen-bond acceptors (Lipinski definition) is 2. The highest BCUT2D eigenvalue weighted by molar-refractivity contribution is 5.28. The molecule has 1 atom stereocenters. The van der Waals surface area contributed by atoms with Gasteiger partial charge >= 0.3 is 0 Å². The first kappa shape index (κ1) is 12.5. The predicted molar refractivity (Wildman–Crippen MR) is 68.6 cm³/mol. The van der Waals surface area contributed by atoms with Crippen LogP contribution in [0.2, 0.25) is 0 Å². The first-order valence-electron chi connectivity index (χ1n) is 6.27. The summed E-state index contributed by atoms with van der Waals surface area (Å²) in [6.45, 7) is 2.03. The molecule has 1 unspecified atom stereocenters. The zero-order valence-electron chi connectivity index (χ0n) is 10.5. The van der Waals surface area contributed by atoms with Crippen LogP contribution in [-0.4, -0.2) is 30.7 Å². The molecule has 0 saturated carbocycles. The molecule has 94 valence electrons. The highest BCUT2D eigenvalue weighted by atomic mass is 19.1. The van der Waals surface area contributed by atoms with Crippen molar-refractivity contribution in [1.82, 2.24) is 4.90 Å². The van der Waals surface area contributed by atoms with Gasteiger partial charge in [-0.25, -0.2) is 4.39 Å². The highest BCUT2D eigenvalue weighted by Crippen LogP contribution is 2.29. The number of piperidine rings is 1. The van der Waals surface area contributed by atoms with Crippen LogP contribution in [0.4, 0.5) is 4.39 Å². The van der Waals surface area contributed by atoms with Crippen molar-refractivity contribution in [3.63, 3.8) is 0 Å². The maximum absolute atomic E-state index is 14.7. The molecule has 2 rings (SSSR count). The molecule has 17 heavy (non-hydrogen) atoms. The van der Waals surface area contributed by atoms with E-state index < -0.39 is 5.67 Å². The molecule has 0 spiro atoms. The van der Waals surface area contributed by atoms with Crippen LogP contribution in [0.5, 0.6) is 0 Å². The van der Waals surface area contributed by atoms with Crippen molar-refractivity contribution in [2.75, 3.05) is 20.1 Å². The molecular weight excluding hydrogens is 215 g/mol. The molecule has 2 N–H and O–H groups in total. The van der Waals surface area contributed by atoms with Crippen molar-refractivity contribution < 1.29 is 4.39 Å². The molecule has 1 saturated heterocycles. The quantitative estimate of drug-likeness (QED) is 0.871. The van der Waals surface area contributed by atoms with Crippen LogP contribution in [-0.2, 0) is 13.0 Å². The number of hydrogen-bond donors (Lipinski definition) is 1. The Kier molecular flexibility index (Phi) is 3.79. The van der Waals surface area contributed by atoms with E-state index in [1.165, 1.54) is 0 Å². The second kappa shape index (κ2) is 5.15. The standard InChI is InChI=1S/C14H21FN2/c1-17-8-4-7-14(15,11-17)9-12-5-2-3-6-13(12)10-16/h2-3,5-6H,4,7-11,16H2,1H3. The van der Waals surface area contributed by atoms with Gasteiger partial charge in [-0.05, 0) is 37.6 Å². The normalized spacial score (nSPS) is 26.1. The van der Waals surface area contributed by atoms with Gasteiger partial charge in [-0.1, -0.05) is 24.3 Å². The summed E-state index contributed by atoms with van der Waals surface area (Å²) in [4.78, 5) is 2.08. The lowest BCUT2D eigenvalue weighted by Gasteiger charge is -2.35. The van der Waals surface area contributed by atoms with Gasteiger partial charge in [-0.3, -0.25) is 0 Å². The number of nitrogens with two attached hydrogens (primary N) is 1. The second-order valence-corrected chi connectivity index (χ2v) is 5.14. The fraction of sp³-hybridized carbons (Fsp3) is 0.571. The monoisotopic (exact) mass is 236 g/mol. The summed E-state index contributed by atoms with van der Waals surface area (Å²) >= 11 is 0. The van der Waals surface area contributed by atoms with Gasteiger partial charge in [0.15, 0.2) is 0 Å². The van der Waals surface area contributed by atoms with Crippen LogP contribution < -0.4 is 5.73 Å². The first-order valence-corrected chi connectivity index (χ1v) is 6.27. The fourth-order valence-corrected chi connectivity index (χ4v) is 2.72. The van der Waals surface area contributed by atoms with Crippen molar-refractivity contribution >= 4 is 0 Å². The Bertz CT molecular complexity index is 380. The molecule has 0 aliphatic carbocycles. The van der Waals surface area contributed by atoms with E-state index in [0.29, 0.717) is 25.9 Å². The van der Waals surface area contributed by atoms with Crippen molar-refractivity contribution in [3.05, 3.63) is 35.4 Å². The van der Waals surface area contributed by atoms with Crippen LogP contribution in [0.3, 0.4) is 0 Å². The minimum absolute atomic E-state index is 0.488. The topological polar surface area (TPSA) is 29.3 Å². The zero-order chi connectivity index (χ0) is 12.3. The Morgan fingerprint density at radius 1 is 1.35 bits per heavy atom. The molecule has 1 fully saturated rings. The second-order valence-electron chi connectivity index (χ2n) is 5.14. The van der Waals surface area contributed by atoms with Crippen molar-refractivity contribution in [2.45, 2.75) is 31.5 Å². The van der Waals surface area contributed by atoms with Gasteiger partial charge < -0.3 is 10.6 Å².